The van der Waals surface area contributed by atoms with Gasteiger partial charge >= 0.3 is 0 Å². The highest BCUT2D eigenvalue weighted by Gasteiger charge is 1.88. The quantitative estimate of drug-likeness (QED) is 0.596. The minimum atomic E-state index is 0. The van der Waals surface area contributed by atoms with Crippen LogP contribution in [0.5, 0.6) is 5.75 Å². The molecule has 0 atom stereocenters. The van der Waals surface area contributed by atoms with E-state index in [0.717, 1.165) is 25.4 Å². The smallest absolute Gasteiger partial charge is 0.119 e. The molecule has 0 spiro atoms. The Morgan fingerprint density at radius 2 is 1.92 bits per heavy atom. The van der Waals surface area contributed by atoms with Crippen LogP contribution in [-0.4, -0.2) is 19.7 Å². The fraction of sp³-hybridized carbons (Fsp3) is 0.400. The first-order valence-electron chi connectivity index (χ1n) is 4.32. The van der Waals surface area contributed by atoms with Crippen LogP contribution < -0.4 is 22.5 Å². The third-order valence-electron chi connectivity index (χ3n) is 1.54. The van der Waals surface area contributed by atoms with E-state index in [2.05, 4.69) is 12.2 Å². The molecule has 0 unspecified atom stereocenters. The van der Waals surface area contributed by atoms with Crippen LogP contribution in [0, 0.1) is 0 Å². The van der Waals surface area contributed by atoms with E-state index in [1.807, 2.05) is 30.3 Å². The van der Waals surface area contributed by atoms with Gasteiger partial charge in [0.1, 0.15) is 12.4 Å². The molecular weight excluding hydrogens is 186 g/mol. The van der Waals surface area contributed by atoms with Crippen molar-refractivity contribution in [3.8, 4) is 5.75 Å². The number of likely N-dealkylation sites (N-methyl/N-ethyl adjacent to an activating group) is 1. The summed E-state index contributed by atoms with van der Waals surface area (Å²) in [6, 6.07) is 9.86. The molecule has 0 amide bonds. The maximum Gasteiger partial charge on any atom is 0.119 e. The molecule has 0 bridgehead atoms. The second kappa shape index (κ2) is 7.90. The average molecular weight is 201 g/mol. The first kappa shape index (κ1) is 12.3. The van der Waals surface area contributed by atoms with E-state index in [9.17, 15) is 0 Å². The van der Waals surface area contributed by atoms with Gasteiger partial charge in [0.2, 0.25) is 0 Å². The molecule has 1 rings (SSSR count). The zero-order chi connectivity index (χ0) is 8.65. The van der Waals surface area contributed by atoms with Crippen LogP contribution in [0.25, 0.3) is 0 Å². The highest BCUT2D eigenvalue weighted by Crippen LogP contribution is 2.07. The summed E-state index contributed by atoms with van der Waals surface area (Å²) in [5.41, 5.74) is 0. The molecule has 74 valence electrons. The number of hydrogen-bond donors (Lipinski definition) is 1. The topological polar surface area (TPSA) is 21.3 Å². The van der Waals surface area contributed by atoms with Gasteiger partial charge in [0.15, 0.2) is 0 Å². The Morgan fingerprint density at radius 1 is 1.23 bits per heavy atom. The summed E-state index contributed by atoms with van der Waals surface area (Å²) >= 11 is 0. The molecule has 2 nitrogen and oxygen atoms in total. The lowest BCUT2D eigenvalue weighted by molar-refractivity contribution is -0.00000300. The summed E-state index contributed by atoms with van der Waals surface area (Å²) in [5, 5.41) is 3.19. The molecule has 1 aromatic rings. The summed E-state index contributed by atoms with van der Waals surface area (Å²) in [7, 11) is 0. The third kappa shape index (κ3) is 5.50. The van der Waals surface area contributed by atoms with Gasteiger partial charge in [0.25, 0.3) is 0 Å². The number of rotatable bonds is 5. The monoisotopic (exact) mass is 200 g/mol. The van der Waals surface area contributed by atoms with E-state index in [4.69, 9.17) is 4.74 Å². The Bertz CT molecular complexity index is 203. The van der Waals surface area contributed by atoms with Crippen molar-refractivity contribution in [2.45, 2.75) is 6.92 Å². The Balaban J connectivity index is 0.00000144. The van der Waals surface area contributed by atoms with Crippen LogP contribution in [-0.2, 0) is 0 Å². The Morgan fingerprint density at radius 3 is 2.54 bits per heavy atom. The van der Waals surface area contributed by atoms with E-state index in [1.165, 1.54) is 0 Å². The van der Waals surface area contributed by atoms with Gasteiger partial charge in [-0.05, 0) is 18.7 Å². The Labute approximate surface area is 85.7 Å². The van der Waals surface area contributed by atoms with Crippen LogP contribution >= 0.6 is 0 Å². The number of para-hydroxylation sites is 1. The number of benzene rings is 1. The maximum atomic E-state index is 5.45. The van der Waals surface area contributed by atoms with Gasteiger partial charge in [0, 0.05) is 6.54 Å². The predicted molar refractivity (Wildman–Crippen MR) is 50.5 cm³/mol. The van der Waals surface area contributed by atoms with Crippen molar-refractivity contribution in [1.82, 2.24) is 5.32 Å². The van der Waals surface area contributed by atoms with Gasteiger partial charge in [-0.15, -0.1) is 0 Å². The molecule has 1 N–H and O–H groups in total. The molecular formula is C10H15ClNO-. The Kier molecular flexibility index (Phi) is 7.45. The number of nitrogens with one attached hydrogen (secondary N) is 1. The fourth-order valence-corrected chi connectivity index (χ4v) is 0.935. The van der Waals surface area contributed by atoms with E-state index in [0.29, 0.717) is 0 Å². The minimum Gasteiger partial charge on any atom is -1.00 e. The van der Waals surface area contributed by atoms with Crippen LogP contribution in [0.4, 0.5) is 0 Å². The molecule has 13 heavy (non-hydrogen) atoms. The summed E-state index contributed by atoms with van der Waals surface area (Å²) < 4.78 is 5.45. The van der Waals surface area contributed by atoms with E-state index < -0.39 is 0 Å². The van der Waals surface area contributed by atoms with Gasteiger partial charge in [-0.1, -0.05) is 25.1 Å². The van der Waals surface area contributed by atoms with Gasteiger partial charge in [-0.3, -0.25) is 0 Å². The first-order chi connectivity index (χ1) is 5.93. The lowest BCUT2D eigenvalue weighted by Gasteiger charge is -2.05. The first-order valence-corrected chi connectivity index (χ1v) is 4.32. The van der Waals surface area contributed by atoms with Gasteiger partial charge < -0.3 is 22.5 Å². The van der Waals surface area contributed by atoms with E-state index in [1.54, 1.807) is 0 Å². The molecule has 0 saturated heterocycles. The highest BCUT2D eigenvalue weighted by molar-refractivity contribution is 5.20. The number of ether oxygens (including phenoxy) is 1. The number of hydrogen-bond acceptors (Lipinski definition) is 2. The van der Waals surface area contributed by atoms with Crippen LogP contribution in [0.3, 0.4) is 0 Å². The van der Waals surface area contributed by atoms with Crippen molar-refractivity contribution in [2.24, 2.45) is 0 Å². The van der Waals surface area contributed by atoms with Crippen molar-refractivity contribution in [1.29, 1.82) is 0 Å². The van der Waals surface area contributed by atoms with Crippen molar-refractivity contribution >= 4 is 0 Å². The third-order valence-corrected chi connectivity index (χ3v) is 1.54. The molecule has 0 aromatic heterocycles. The highest BCUT2D eigenvalue weighted by atomic mass is 35.5. The molecule has 0 aliphatic heterocycles. The van der Waals surface area contributed by atoms with Crippen molar-refractivity contribution in [3.05, 3.63) is 30.3 Å². The van der Waals surface area contributed by atoms with E-state index >= 15 is 0 Å². The molecule has 0 fully saturated rings. The Hall–Kier alpha value is -0.730. The molecule has 0 aliphatic carbocycles. The second-order valence-corrected chi connectivity index (χ2v) is 2.52. The summed E-state index contributed by atoms with van der Waals surface area (Å²) in [6.45, 7) is 4.73. The van der Waals surface area contributed by atoms with E-state index in [-0.39, 0.29) is 12.4 Å². The maximum absolute atomic E-state index is 5.45. The summed E-state index contributed by atoms with van der Waals surface area (Å²) in [6.07, 6.45) is 0. The SMILES string of the molecule is CCNCCOc1ccccc1.[Cl-]. The second-order valence-electron chi connectivity index (χ2n) is 2.52. The van der Waals surface area contributed by atoms with Crippen molar-refractivity contribution < 1.29 is 17.1 Å². The molecule has 0 heterocycles. The minimum absolute atomic E-state index is 0. The van der Waals surface area contributed by atoms with Crippen LogP contribution in [0.2, 0.25) is 0 Å². The number of halogens is 1. The zero-order valence-corrected chi connectivity index (χ0v) is 8.55. The average Bonchev–Trinajstić information content (AvgIpc) is 2.14. The predicted octanol–water partition coefficient (Wildman–Crippen LogP) is -1.32. The van der Waals surface area contributed by atoms with Gasteiger partial charge in [-0.2, -0.15) is 0 Å². The molecule has 3 heteroatoms. The molecule has 0 saturated carbocycles. The van der Waals surface area contributed by atoms with Crippen LogP contribution in [0.1, 0.15) is 6.92 Å². The lowest BCUT2D eigenvalue weighted by atomic mass is 10.3. The normalized spacial score (nSPS) is 9.00. The summed E-state index contributed by atoms with van der Waals surface area (Å²) in [5.74, 6) is 0.940. The zero-order valence-electron chi connectivity index (χ0n) is 7.79. The summed E-state index contributed by atoms with van der Waals surface area (Å²) in [4.78, 5) is 0. The van der Waals surface area contributed by atoms with Gasteiger partial charge in [-0.25, -0.2) is 0 Å². The van der Waals surface area contributed by atoms with Crippen molar-refractivity contribution in [3.63, 3.8) is 0 Å². The molecule has 0 aliphatic rings. The molecule has 0 radical (unpaired) electrons. The van der Waals surface area contributed by atoms with Gasteiger partial charge in [0.05, 0.1) is 0 Å². The lowest BCUT2D eigenvalue weighted by Crippen LogP contribution is -3.00. The largest absolute Gasteiger partial charge is 1.00 e. The van der Waals surface area contributed by atoms with Crippen LogP contribution in [0.15, 0.2) is 30.3 Å². The standard InChI is InChI=1S/C10H15NO.ClH/c1-2-11-8-9-12-10-6-4-3-5-7-10;/h3-7,11H,2,8-9H2,1H3;1H/p-1. The van der Waals surface area contributed by atoms with Crippen molar-refractivity contribution in [2.75, 3.05) is 19.7 Å². The molecule has 1 aromatic carbocycles. The fourth-order valence-electron chi connectivity index (χ4n) is 0.935.